The summed E-state index contributed by atoms with van der Waals surface area (Å²) in [5.74, 6) is 0. The van der Waals surface area contributed by atoms with E-state index in [4.69, 9.17) is 14.3 Å². The van der Waals surface area contributed by atoms with Crippen LogP contribution in [0.15, 0.2) is 0 Å². The van der Waals surface area contributed by atoms with Crippen molar-refractivity contribution in [2.75, 3.05) is 26.9 Å². The van der Waals surface area contributed by atoms with Crippen LogP contribution in [-0.2, 0) is 14.3 Å². The molecule has 1 heterocycles. The third-order valence-electron chi connectivity index (χ3n) is 2.00. The van der Waals surface area contributed by atoms with Crippen LogP contribution in [0, 0.1) is 0 Å². The molecule has 0 saturated carbocycles. The molecule has 12 heavy (non-hydrogen) atoms. The zero-order valence-electron chi connectivity index (χ0n) is 7.71. The van der Waals surface area contributed by atoms with Gasteiger partial charge in [-0.2, -0.15) is 5.48 Å². The third-order valence-corrected chi connectivity index (χ3v) is 2.00. The Hall–Kier alpha value is -0.160. The zero-order chi connectivity index (χ0) is 8.81. The predicted molar refractivity (Wildman–Crippen MR) is 44.8 cm³/mol. The average molecular weight is 175 g/mol. The third kappa shape index (κ3) is 3.06. The van der Waals surface area contributed by atoms with Gasteiger partial charge in [0.05, 0.1) is 25.4 Å². The van der Waals surface area contributed by atoms with Crippen LogP contribution >= 0.6 is 0 Å². The van der Waals surface area contributed by atoms with Crippen molar-refractivity contribution in [1.82, 2.24) is 5.48 Å². The van der Waals surface area contributed by atoms with E-state index in [1.807, 2.05) is 6.92 Å². The van der Waals surface area contributed by atoms with Gasteiger partial charge in [0.2, 0.25) is 0 Å². The summed E-state index contributed by atoms with van der Waals surface area (Å²) >= 11 is 0. The zero-order valence-corrected chi connectivity index (χ0v) is 7.71. The lowest BCUT2D eigenvalue weighted by atomic mass is 10.2. The smallest absolute Gasteiger partial charge is 0.0916 e. The molecule has 1 fully saturated rings. The molecule has 0 spiro atoms. The van der Waals surface area contributed by atoms with E-state index in [-0.39, 0.29) is 6.10 Å². The van der Waals surface area contributed by atoms with Gasteiger partial charge >= 0.3 is 0 Å². The molecule has 4 heteroatoms. The van der Waals surface area contributed by atoms with Crippen molar-refractivity contribution in [2.45, 2.75) is 25.5 Å². The SMILES string of the molecule is COCCONC1CCOC1C. The van der Waals surface area contributed by atoms with Gasteiger partial charge in [0.25, 0.3) is 0 Å². The van der Waals surface area contributed by atoms with Gasteiger partial charge in [-0.1, -0.05) is 0 Å². The van der Waals surface area contributed by atoms with Crippen LogP contribution < -0.4 is 5.48 Å². The van der Waals surface area contributed by atoms with E-state index in [1.54, 1.807) is 7.11 Å². The molecule has 0 bridgehead atoms. The van der Waals surface area contributed by atoms with Crippen LogP contribution in [0.1, 0.15) is 13.3 Å². The minimum Gasteiger partial charge on any atom is -0.382 e. The molecule has 2 unspecified atom stereocenters. The highest BCUT2D eigenvalue weighted by atomic mass is 16.7. The minimum absolute atomic E-state index is 0.257. The first kappa shape index (κ1) is 9.92. The summed E-state index contributed by atoms with van der Waals surface area (Å²) in [6.07, 6.45) is 1.28. The summed E-state index contributed by atoms with van der Waals surface area (Å²) in [5.41, 5.74) is 2.96. The molecular formula is C8H17NO3. The molecule has 0 radical (unpaired) electrons. The van der Waals surface area contributed by atoms with Crippen LogP contribution in [-0.4, -0.2) is 39.1 Å². The fourth-order valence-electron chi connectivity index (χ4n) is 1.18. The van der Waals surface area contributed by atoms with Crippen LogP contribution in [0.2, 0.25) is 0 Å². The highest BCUT2D eigenvalue weighted by molar-refractivity contribution is 4.75. The quantitative estimate of drug-likeness (QED) is 0.483. The molecule has 4 nitrogen and oxygen atoms in total. The average Bonchev–Trinajstić information content (AvgIpc) is 2.46. The van der Waals surface area contributed by atoms with Crippen molar-refractivity contribution in [3.05, 3.63) is 0 Å². The van der Waals surface area contributed by atoms with Crippen molar-refractivity contribution >= 4 is 0 Å². The van der Waals surface area contributed by atoms with Crippen molar-refractivity contribution in [1.29, 1.82) is 0 Å². The molecule has 0 amide bonds. The van der Waals surface area contributed by atoms with Crippen LogP contribution in [0.25, 0.3) is 0 Å². The summed E-state index contributed by atoms with van der Waals surface area (Å²) in [4.78, 5) is 5.17. The highest BCUT2D eigenvalue weighted by Crippen LogP contribution is 2.11. The van der Waals surface area contributed by atoms with Gasteiger partial charge < -0.3 is 9.47 Å². The first-order chi connectivity index (χ1) is 5.84. The van der Waals surface area contributed by atoms with Crippen LogP contribution in [0.5, 0.6) is 0 Å². The maximum Gasteiger partial charge on any atom is 0.0916 e. The molecule has 0 aliphatic carbocycles. The maximum absolute atomic E-state index is 5.35. The van der Waals surface area contributed by atoms with E-state index in [0.717, 1.165) is 13.0 Å². The van der Waals surface area contributed by atoms with E-state index in [1.165, 1.54) is 0 Å². The normalized spacial score (nSPS) is 29.5. The first-order valence-corrected chi connectivity index (χ1v) is 4.32. The second kappa shape index (κ2) is 5.48. The van der Waals surface area contributed by atoms with Gasteiger partial charge in [-0.25, -0.2) is 0 Å². The lowest BCUT2D eigenvalue weighted by Gasteiger charge is -2.15. The summed E-state index contributed by atoms with van der Waals surface area (Å²) in [7, 11) is 1.66. The van der Waals surface area contributed by atoms with Gasteiger partial charge in [-0.15, -0.1) is 0 Å². The second-order valence-electron chi connectivity index (χ2n) is 2.93. The van der Waals surface area contributed by atoms with Crippen LogP contribution in [0.3, 0.4) is 0 Å². The summed E-state index contributed by atoms with van der Waals surface area (Å²) in [5, 5.41) is 0. The van der Waals surface area contributed by atoms with E-state index >= 15 is 0 Å². The number of nitrogens with one attached hydrogen (secondary N) is 1. The predicted octanol–water partition coefficient (Wildman–Crippen LogP) is 0.331. The molecular weight excluding hydrogens is 158 g/mol. The Kier molecular flexibility index (Phi) is 4.53. The Morgan fingerprint density at radius 2 is 2.33 bits per heavy atom. The molecule has 1 aliphatic heterocycles. The minimum atomic E-state index is 0.257. The van der Waals surface area contributed by atoms with Crippen molar-refractivity contribution in [2.24, 2.45) is 0 Å². The highest BCUT2D eigenvalue weighted by Gasteiger charge is 2.23. The summed E-state index contributed by atoms with van der Waals surface area (Å²) in [6, 6.07) is 0.335. The number of hydroxylamine groups is 1. The lowest BCUT2D eigenvalue weighted by molar-refractivity contribution is -0.0249. The molecule has 0 aromatic heterocycles. The van der Waals surface area contributed by atoms with E-state index < -0.39 is 0 Å². The van der Waals surface area contributed by atoms with Crippen molar-refractivity contribution in [3.63, 3.8) is 0 Å². The van der Waals surface area contributed by atoms with Gasteiger partial charge in [0.1, 0.15) is 0 Å². The molecule has 2 atom stereocenters. The Balaban J connectivity index is 1.98. The number of hydrogen-bond donors (Lipinski definition) is 1. The molecule has 0 aromatic carbocycles. The van der Waals surface area contributed by atoms with E-state index in [9.17, 15) is 0 Å². The van der Waals surface area contributed by atoms with Crippen molar-refractivity contribution in [3.8, 4) is 0 Å². The number of hydrogen-bond acceptors (Lipinski definition) is 4. The van der Waals surface area contributed by atoms with Gasteiger partial charge in [-0.3, -0.25) is 4.84 Å². The van der Waals surface area contributed by atoms with E-state index in [2.05, 4.69) is 5.48 Å². The van der Waals surface area contributed by atoms with Crippen molar-refractivity contribution < 1.29 is 14.3 Å². The van der Waals surface area contributed by atoms with Gasteiger partial charge in [-0.05, 0) is 13.3 Å². The van der Waals surface area contributed by atoms with E-state index in [0.29, 0.717) is 19.3 Å². The maximum atomic E-state index is 5.35. The Morgan fingerprint density at radius 3 is 2.92 bits per heavy atom. The summed E-state index contributed by atoms with van der Waals surface area (Å²) in [6.45, 7) is 4.07. The Morgan fingerprint density at radius 1 is 1.50 bits per heavy atom. The summed E-state index contributed by atoms with van der Waals surface area (Å²) < 4.78 is 10.2. The second-order valence-corrected chi connectivity index (χ2v) is 2.93. The molecule has 1 rings (SSSR count). The number of ether oxygens (including phenoxy) is 2. The lowest BCUT2D eigenvalue weighted by Crippen LogP contribution is -2.35. The first-order valence-electron chi connectivity index (χ1n) is 4.32. The standard InChI is InChI=1S/C8H17NO3/c1-7-8(3-4-11-7)9-12-6-5-10-2/h7-9H,3-6H2,1-2H3. The molecule has 1 N–H and O–H groups in total. The van der Waals surface area contributed by atoms with Crippen LogP contribution in [0.4, 0.5) is 0 Å². The Labute approximate surface area is 73.1 Å². The molecule has 72 valence electrons. The number of rotatable bonds is 5. The largest absolute Gasteiger partial charge is 0.382 e. The fraction of sp³-hybridized carbons (Fsp3) is 1.00. The molecule has 1 aliphatic rings. The van der Waals surface area contributed by atoms with Gasteiger partial charge in [0, 0.05) is 13.7 Å². The Bertz CT molecular complexity index is 121. The monoisotopic (exact) mass is 175 g/mol. The fourth-order valence-corrected chi connectivity index (χ4v) is 1.18. The van der Waals surface area contributed by atoms with Gasteiger partial charge in [0.15, 0.2) is 0 Å². The topological polar surface area (TPSA) is 39.7 Å². The molecule has 1 saturated heterocycles. The number of methoxy groups -OCH3 is 1. The molecule has 0 aromatic rings.